The van der Waals surface area contributed by atoms with Crippen LogP contribution < -0.4 is 11.2 Å². The summed E-state index contributed by atoms with van der Waals surface area (Å²) in [5, 5.41) is 9.24. The summed E-state index contributed by atoms with van der Waals surface area (Å²) in [6.07, 6.45) is 0.442. The number of hydrogen-bond donors (Lipinski definition) is 3. The zero-order valence-corrected chi connectivity index (χ0v) is 14.8. The number of hydrogen-bond acceptors (Lipinski definition) is 4. The maximum Gasteiger partial charge on any atom is 0.326 e. The second kappa shape index (κ2) is 7.61. The summed E-state index contributed by atoms with van der Waals surface area (Å²) in [6.45, 7) is -0.0527. The maximum atomic E-state index is 14.4. The summed E-state index contributed by atoms with van der Waals surface area (Å²) in [6, 6.07) is 4.42. The zero-order chi connectivity index (χ0) is 18.8. The number of aliphatic hydroxyl groups excluding tert-OH is 1. The van der Waals surface area contributed by atoms with Gasteiger partial charge in [-0.1, -0.05) is 11.6 Å². The minimum absolute atomic E-state index is 0.0472. The Morgan fingerprint density at radius 1 is 1.15 bits per heavy atom. The molecule has 3 rings (SSSR count). The molecule has 0 unspecified atom stereocenters. The number of benzene rings is 2. The molecule has 2 aromatic carbocycles. The molecule has 0 amide bonds. The van der Waals surface area contributed by atoms with E-state index in [2.05, 4.69) is 9.97 Å². The lowest BCUT2D eigenvalue weighted by Gasteiger charge is -2.15. The van der Waals surface area contributed by atoms with Crippen molar-refractivity contribution in [2.75, 3.05) is 12.4 Å². The topological polar surface area (TPSA) is 85.9 Å². The van der Waals surface area contributed by atoms with Gasteiger partial charge in [-0.2, -0.15) is 0 Å². The van der Waals surface area contributed by atoms with Gasteiger partial charge in [0, 0.05) is 34.4 Å². The smallest absolute Gasteiger partial charge is 0.326 e. The average molecular weight is 399 g/mol. The number of aromatic nitrogens is 2. The van der Waals surface area contributed by atoms with E-state index >= 15 is 0 Å². The van der Waals surface area contributed by atoms with Crippen molar-refractivity contribution < 1.29 is 13.9 Å². The Labute approximate surface area is 155 Å². The first-order valence-corrected chi connectivity index (χ1v) is 8.96. The van der Waals surface area contributed by atoms with Gasteiger partial charge in [0.05, 0.1) is 15.9 Å². The van der Waals surface area contributed by atoms with Crippen molar-refractivity contribution in [3.63, 3.8) is 0 Å². The van der Waals surface area contributed by atoms with Crippen LogP contribution in [0.3, 0.4) is 0 Å². The number of nitrogens with one attached hydrogen (secondary N) is 2. The van der Waals surface area contributed by atoms with Crippen LogP contribution in [-0.4, -0.2) is 27.4 Å². The molecule has 0 atom stereocenters. The molecule has 3 aromatic rings. The molecule has 1 heterocycles. The van der Waals surface area contributed by atoms with Crippen LogP contribution in [0.4, 0.5) is 8.78 Å². The van der Waals surface area contributed by atoms with E-state index in [0.29, 0.717) is 17.1 Å². The quantitative estimate of drug-likeness (QED) is 0.454. The van der Waals surface area contributed by atoms with Crippen molar-refractivity contribution in [2.45, 2.75) is 11.3 Å². The number of halogens is 3. The maximum absolute atomic E-state index is 14.4. The van der Waals surface area contributed by atoms with Crippen LogP contribution in [-0.2, 0) is 0 Å². The molecule has 3 N–H and O–H groups in total. The molecule has 0 bridgehead atoms. The van der Waals surface area contributed by atoms with Crippen LogP contribution in [0, 0.1) is 11.6 Å². The van der Waals surface area contributed by atoms with Crippen molar-refractivity contribution in [1.82, 2.24) is 9.97 Å². The molecular formula is C17H13ClF2N2O3S. The third-order valence-electron chi connectivity index (χ3n) is 3.69. The monoisotopic (exact) mass is 398 g/mol. The van der Waals surface area contributed by atoms with E-state index in [0.717, 1.165) is 12.1 Å². The summed E-state index contributed by atoms with van der Waals surface area (Å²) < 4.78 is 27.6. The van der Waals surface area contributed by atoms with E-state index in [9.17, 15) is 18.4 Å². The normalized spacial score (nSPS) is 11.2. The Kier molecular flexibility index (Phi) is 5.45. The first kappa shape index (κ1) is 18.6. The van der Waals surface area contributed by atoms with Gasteiger partial charge in [-0.15, -0.1) is 11.8 Å². The summed E-state index contributed by atoms with van der Waals surface area (Å²) in [5.41, 5.74) is -0.822. The number of aromatic amines is 2. The Morgan fingerprint density at radius 2 is 1.92 bits per heavy atom. The molecule has 0 fully saturated rings. The van der Waals surface area contributed by atoms with Crippen LogP contribution >= 0.6 is 23.4 Å². The Bertz CT molecular complexity index is 1100. The summed E-state index contributed by atoms with van der Waals surface area (Å²) in [7, 11) is 0. The molecule has 9 heteroatoms. The molecule has 26 heavy (non-hydrogen) atoms. The van der Waals surface area contributed by atoms with Gasteiger partial charge in [-0.3, -0.25) is 9.78 Å². The van der Waals surface area contributed by atoms with Crippen LogP contribution in [0.5, 0.6) is 0 Å². The van der Waals surface area contributed by atoms with Gasteiger partial charge < -0.3 is 10.1 Å². The van der Waals surface area contributed by atoms with Crippen molar-refractivity contribution in [2.24, 2.45) is 0 Å². The number of thioether (sulfide) groups is 1. The fourth-order valence-corrected chi connectivity index (χ4v) is 4.08. The van der Waals surface area contributed by atoms with Crippen molar-refractivity contribution in [1.29, 1.82) is 0 Å². The second-order valence-corrected chi connectivity index (χ2v) is 6.96. The molecule has 0 saturated heterocycles. The molecule has 0 radical (unpaired) electrons. The largest absolute Gasteiger partial charge is 0.396 e. The van der Waals surface area contributed by atoms with E-state index in [1.165, 1.54) is 23.9 Å². The highest BCUT2D eigenvalue weighted by atomic mass is 35.5. The van der Waals surface area contributed by atoms with E-state index in [1.54, 1.807) is 0 Å². The van der Waals surface area contributed by atoms with Gasteiger partial charge in [0.25, 0.3) is 5.56 Å². The molecule has 1 aromatic heterocycles. The Hall–Kier alpha value is -2.16. The van der Waals surface area contributed by atoms with Gasteiger partial charge in [0.15, 0.2) is 0 Å². The first-order valence-electron chi connectivity index (χ1n) is 7.60. The highest BCUT2D eigenvalue weighted by Gasteiger charge is 2.20. The number of H-pyrrole nitrogens is 2. The number of rotatable bonds is 5. The molecule has 136 valence electrons. The molecule has 0 saturated carbocycles. The Morgan fingerprint density at radius 3 is 2.62 bits per heavy atom. The third kappa shape index (κ3) is 3.53. The van der Waals surface area contributed by atoms with E-state index in [-0.39, 0.29) is 33.7 Å². The predicted octanol–water partition coefficient (Wildman–Crippen LogP) is 3.29. The fourth-order valence-electron chi connectivity index (χ4n) is 2.57. The highest BCUT2D eigenvalue weighted by Crippen LogP contribution is 2.42. The minimum Gasteiger partial charge on any atom is -0.396 e. The van der Waals surface area contributed by atoms with Crippen LogP contribution in [0.1, 0.15) is 6.42 Å². The van der Waals surface area contributed by atoms with Gasteiger partial charge in [0.2, 0.25) is 0 Å². The lowest BCUT2D eigenvalue weighted by atomic mass is 10.0. The van der Waals surface area contributed by atoms with Gasteiger partial charge in [-0.25, -0.2) is 13.6 Å². The van der Waals surface area contributed by atoms with Crippen molar-refractivity contribution >= 4 is 34.3 Å². The standard InChI is InChI=1S/C17H13ClF2N2O3S/c18-11-7-10-14(21-17(25)22-16(10)24)15(26-5-1-4-23)13(11)9-3-2-8(19)6-12(9)20/h2-3,6-7,23H,1,4-5H2,(H2,21,22,24,25). The van der Waals surface area contributed by atoms with Crippen molar-refractivity contribution in [3.05, 3.63) is 61.8 Å². The lowest BCUT2D eigenvalue weighted by Crippen LogP contribution is -2.22. The van der Waals surface area contributed by atoms with Crippen molar-refractivity contribution in [3.8, 4) is 11.1 Å². The molecule has 0 aliphatic rings. The lowest BCUT2D eigenvalue weighted by molar-refractivity contribution is 0.296. The summed E-state index contributed by atoms with van der Waals surface area (Å²) in [4.78, 5) is 28.8. The predicted molar refractivity (Wildman–Crippen MR) is 98.0 cm³/mol. The number of fused-ring (bicyclic) bond motifs is 1. The number of aliphatic hydroxyl groups is 1. The second-order valence-electron chi connectivity index (χ2n) is 5.44. The molecule has 0 spiro atoms. The zero-order valence-electron chi connectivity index (χ0n) is 13.2. The fraction of sp³-hybridized carbons (Fsp3) is 0.176. The van der Waals surface area contributed by atoms with E-state index in [4.69, 9.17) is 16.7 Å². The highest BCUT2D eigenvalue weighted by molar-refractivity contribution is 7.99. The van der Waals surface area contributed by atoms with Gasteiger partial charge in [0.1, 0.15) is 11.6 Å². The first-order chi connectivity index (χ1) is 12.4. The molecule has 0 aliphatic carbocycles. The van der Waals surface area contributed by atoms with Gasteiger partial charge >= 0.3 is 5.69 Å². The minimum atomic E-state index is -0.817. The molecular weight excluding hydrogens is 386 g/mol. The molecule has 5 nitrogen and oxygen atoms in total. The summed E-state index contributed by atoms with van der Waals surface area (Å²) >= 11 is 7.52. The van der Waals surface area contributed by atoms with E-state index < -0.39 is 22.9 Å². The van der Waals surface area contributed by atoms with Crippen LogP contribution in [0.15, 0.2) is 38.8 Å². The van der Waals surface area contributed by atoms with Gasteiger partial charge in [-0.05, 0) is 24.6 Å². The molecule has 0 aliphatic heterocycles. The van der Waals surface area contributed by atoms with Crippen LogP contribution in [0.25, 0.3) is 22.0 Å². The third-order valence-corrected chi connectivity index (χ3v) is 5.18. The van der Waals surface area contributed by atoms with Crippen LogP contribution in [0.2, 0.25) is 5.02 Å². The average Bonchev–Trinajstić information content (AvgIpc) is 2.57. The van der Waals surface area contributed by atoms with E-state index in [1.807, 2.05) is 0 Å². The Balaban J connectivity index is 2.36. The SMILES string of the molecule is O=c1[nH]c(=O)c2cc(Cl)c(-c3ccc(F)cc3F)c(SCCCO)c2[nH]1. The summed E-state index contributed by atoms with van der Waals surface area (Å²) in [5.74, 6) is -1.11.